The highest BCUT2D eigenvalue weighted by Crippen LogP contribution is 2.32. The van der Waals surface area contributed by atoms with Crippen LogP contribution in [0.2, 0.25) is 0 Å². The first-order valence-corrected chi connectivity index (χ1v) is 10.4. The summed E-state index contributed by atoms with van der Waals surface area (Å²) < 4.78 is 37.5. The van der Waals surface area contributed by atoms with Crippen LogP contribution < -0.4 is 0 Å². The van der Waals surface area contributed by atoms with Gasteiger partial charge in [-0.25, -0.2) is 8.78 Å². The number of hydrogen-bond acceptors (Lipinski definition) is 0. The van der Waals surface area contributed by atoms with E-state index in [0.717, 1.165) is 23.5 Å². The van der Waals surface area contributed by atoms with Gasteiger partial charge in [0.15, 0.2) is 0 Å². The SMILES string of the molecule is FCCC=CC1CCC(CCc2ccc(-c3ccc(C(F)F)cc3)cc2)CC1. The first-order chi connectivity index (χ1) is 13.7. The minimum Gasteiger partial charge on any atom is -0.251 e. The summed E-state index contributed by atoms with van der Waals surface area (Å²) in [7, 11) is 0. The predicted octanol–water partition coefficient (Wildman–Crippen LogP) is 7.95. The fourth-order valence-corrected chi connectivity index (χ4v) is 4.08. The number of aryl methyl sites for hydroxylation is 1. The highest BCUT2D eigenvalue weighted by atomic mass is 19.3. The van der Waals surface area contributed by atoms with Gasteiger partial charge in [-0.1, -0.05) is 60.7 Å². The molecule has 0 aliphatic heterocycles. The minimum absolute atomic E-state index is 0.0630. The molecule has 0 bridgehead atoms. The average molecular weight is 387 g/mol. The molecule has 3 heteroatoms. The molecule has 1 aliphatic carbocycles. The Morgan fingerprint density at radius 3 is 2.04 bits per heavy atom. The Labute approximate surface area is 166 Å². The lowest BCUT2D eigenvalue weighted by atomic mass is 9.79. The van der Waals surface area contributed by atoms with E-state index in [1.807, 2.05) is 6.08 Å². The van der Waals surface area contributed by atoms with E-state index in [2.05, 4.69) is 30.3 Å². The van der Waals surface area contributed by atoms with Gasteiger partial charge in [-0.3, -0.25) is 4.39 Å². The predicted molar refractivity (Wildman–Crippen MR) is 110 cm³/mol. The third-order valence-electron chi connectivity index (χ3n) is 5.87. The summed E-state index contributed by atoms with van der Waals surface area (Å²) in [6.45, 7) is -0.258. The molecular formula is C25H29F3. The van der Waals surface area contributed by atoms with Crippen molar-refractivity contribution in [1.29, 1.82) is 0 Å². The second-order valence-corrected chi connectivity index (χ2v) is 7.84. The number of benzene rings is 2. The van der Waals surface area contributed by atoms with Crippen molar-refractivity contribution in [3.8, 4) is 11.1 Å². The normalized spacial score (nSPS) is 20.1. The van der Waals surface area contributed by atoms with Gasteiger partial charge in [0.1, 0.15) is 0 Å². The van der Waals surface area contributed by atoms with Crippen LogP contribution >= 0.6 is 0 Å². The van der Waals surface area contributed by atoms with Crippen LogP contribution in [0.3, 0.4) is 0 Å². The largest absolute Gasteiger partial charge is 0.263 e. The number of halogens is 3. The molecule has 150 valence electrons. The maximum absolute atomic E-state index is 12.7. The van der Waals surface area contributed by atoms with Crippen LogP contribution in [0.4, 0.5) is 13.2 Å². The maximum Gasteiger partial charge on any atom is 0.263 e. The van der Waals surface area contributed by atoms with E-state index in [4.69, 9.17) is 0 Å². The summed E-state index contributed by atoms with van der Waals surface area (Å²) in [4.78, 5) is 0. The van der Waals surface area contributed by atoms with Crippen molar-refractivity contribution in [2.75, 3.05) is 6.67 Å². The van der Waals surface area contributed by atoms with Crippen molar-refractivity contribution < 1.29 is 13.2 Å². The van der Waals surface area contributed by atoms with E-state index in [0.29, 0.717) is 12.3 Å². The zero-order valence-corrected chi connectivity index (χ0v) is 16.3. The fourth-order valence-electron chi connectivity index (χ4n) is 4.08. The molecule has 0 aromatic heterocycles. The fraction of sp³-hybridized carbons (Fsp3) is 0.440. The van der Waals surface area contributed by atoms with Crippen molar-refractivity contribution in [3.05, 3.63) is 71.8 Å². The van der Waals surface area contributed by atoms with Gasteiger partial charge < -0.3 is 0 Å². The molecule has 1 saturated carbocycles. The third-order valence-corrected chi connectivity index (χ3v) is 5.87. The third kappa shape index (κ3) is 5.98. The summed E-state index contributed by atoms with van der Waals surface area (Å²) in [5.74, 6) is 1.42. The van der Waals surface area contributed by atoms with Crippen LogP contribution in [0, 0.1) is 11.8 Å². The second-order valence-electron chi connectivity index (χ2n) is 7.84. The highest BCUT2D eigenvalue weighted by molar-refractivity contribution is 5.64. The molecule has 2 aromatic carbocycles. The molecule has 1 aliphatic rings. The van der Waals surface area contributed by atoms with E-state index in [1.54, 1.807) is 12.1 Å². The van der Waals surface area contributed by atoms with Gasteiger partial charge in [-0.05, 0) is 73.5 Å². The van der Waals surface area contributed by atoms with Crippen molar-refractivity contribution in [2.45, 2.75) is 51.4 Å². The standard InChI is InChI=1S/C25H29F3/c26-18-2-1-3-19-4-6-20(7-5-19)8-9-21-10-12-22(13-11-21)23-14-16-24(17-15-23)25(27)28/h1,3,10-17,19-20,25H,2,4-9,18H2. The molecular weight excluding hydrogens is 357 g/mol. The van der Waals surface area contributed by atoms with Gasteiger partial charge in [-0.15, -0.1) is 0 Å². The van der Waals surface area contributed by atoms with Crippen LogP contribution in [0.5, 0.6) is 0 Å². The zero-order chi connectivity index (χ0) is 19.8. The Kier molecular flexibility index (Phi) is 7.76. The second kappa shape index (κ2) is 10.5. The van der Waals surface area contributed by atoms with Crippen LogP contribution in [0.25, 0.3) is 11.1 Å². The molecule has 0 atom stereocenters. The number of hydrogen-bond donors (Lipinski definition) is 0. The highest BCUT2D eigenvalue weighted by Gasteiger charge is 2.19. The quantitative estimate of drug-likeness (QED) is 0.404. The molecule has 3 rings (SSSR count). The average Bonchev–Trinajstić information content (AvgIpc) is 2.74. The summed E-state index contributed by atoms with van der Waals surface area (Å²) in [6.07, 6.45) is 9.60. The van der Waals surface area contributed by atoms with Crippen LogP contribution in [-0.2, 0) is 6.42 Å². The lowest BCUT2D eigenvalue weighted by Gasteiger charge is -2.26. The molecule has 0 heterocycles. The Balaban J connectivity index is 1.46. The molecule has 0 N–H and O–H groups in total. The van der Waals surface area contributed by atoms with Crippen molar-refractivity contribution in [2.24, 2.45) is 11.8 Å². The summed E-state index contributed by atoms with van der Waals surface area (Å²) in [5.41, 5.74) is 3.42. The summed E-state index contributed by atoms with van der Waals surface area (Å²) >= 11 is 0. The zero-order valence-electron chi connectivity index (χ0n) is 16.3. The van der Waals surface area contributed by atoms with Crippen LogP contribution in [0.1, 0.15) is 56.1 Å². The summed E-state index contributed by atoms with van der Waals surface area (Å²) in [6, 6.07) is 15.0. The van der Waals surface area contributed by atoms with Gasteiger partial charge in [0, 0.05) is 5.56 Å². The first kappa shape index (κ1) is 20.7. The lowest BCUT2D eigenvalue weighted by Crippen LogP contribution is -2.13. The lowest BCUT2D eigenvalue weighted by molar-refractivity contribution is 0.151. The summed E-state index contributed by atoms with van der Waals surface area (Å²) in [5, 5.41) is 0. The molecule has 28 heavy (non-hydrogen) atoms. The van der Waals surface area contributed by atoms with Crippen LogP contribution in [0.15, 0.2) is 60.7 Å². The number of allylic oxidation sites excluding steroid dienone is 2. The Hall–Kier alpha value is -2.03. The van der Waals surface area contributed by atoms with Gasteiger partial charge in [-0.2, -0.15) is 0 Å². The van der Waals surface area contributed by atoms with E-state index >= 15 is 0 Å². The number of rotatable bonds is 8. The molecule has 0 radical (unpaired) electrons. The maximum atomic E-state index is 12.7. The van der Waals surface area contributed by atoms with Crippen molar-refractivity contribution in [1.82, 2.24) is 0 Å². The van der Waals surface area contributed by atoms with Gasteiger partial charge in [0.05, 0.1) is 6.67 Å². The Morgan fingerprint density at radius 1 is 0.857 bits per heavy atom. The molecule has 0 unspecified atom stereocenters. The Bertz CT molecular complexity index is 723. The van der Waals surface area contributed by atoms with Gasteiger partial charge in [0.25, 0.3) is 6.43 Å². The van der Waals surface area contributed by atoms with Crippen molar-refractivity contribution in [3.63, 3.8) is 0 Å². The molecule has 0 nitrogen and oxygen atoms in total. The topological polar surface area (TPSA) is 0 Å². The van der Waals surface area contributed by atoms with Gasteiger partial charge >= 0.3 is 0 Å². The molecule has 0 spiro atoms. The van der Waals surface area contributed by atoms with Crippen molar-refractivity contribution >= 4 is 0 Å². The molecule has 0 saturated heterocycles. The van der Waals surface area contributed by atoms with Gasteiger partial charge in [0.2, 0.25) is 0 Å². The van der Waals surface area contributed by atoms with E-state index < -0.39 is 6.43 Å². The minimum atomic E-state index is -2.42. The molecule has 1 fully saturated rings. The monoisotopic (exact) mass is 386 g/mol. The van der Waals surface area contributed by atoms with E-state index in [-0.39, 0.29) is 12.2 Å². The number of alkyl halides is 3. The molecule has 0 amide bonds. The van der Waals surface area contributed by atoms with E-state index in [1.165, 1.54) is 49.8 Å². The smallest absolute Gasteiger partial charge is 0.251 e. The molecule has 2 aromatic rings. The van der Waals surface area contributed by atoms with Crippen LogP contribution in [-0.4, -0.2) is 6.67 Å². The Morgan fingerprint density at radius 2 is 1.46 bits per heavy atom. The first-order valence-electron chi connectivity index (χ1n) is 10.4. The van der Waals surface area contributed by atoms with E-state index in [9.17, 15) is 13.2 Å².